The van der Waals surface area contributed by atoms with Crippen molar-refractivity contribution in [2.75, 3.05) is 0 Å². The van der Waals surface area contributed by atoms with Crippen LogP contribution in [-0.4, -0.2) is 15.0 Å². The number of aromatic nitrogens is 3. The fraction of sp³-hybridized carbons (Fsp3) is 0.0769. The predicted molar refractivity (Wildman–Crippen MR) is 76.3 cm³/mol. The first kappa shape index (κ1) is 12.9. The predicted octanol–water partition coefficient (Wildman–Crippen LogP) is 4.01. The van der Waals surface area contributed by atoms with E-state index in [1.165, 1.54) is 0 Å². The van der Waals surface area contributed by atoms with Gasteiger partial charge in [0.1, 0.15) is 5.15 Å². The summed E-state index contributed by atoms with van der Waals surface area (Å²) >= 11 is 5.88. The van der Waals surface area contributed by atoms with Gasteiger partial charge in [-0.25, -0.2) is 9.97 Å². The molecule has 0 spiro atoms. The standard InChI is InChI=1S/C13H10ClN3.ClH/c1-8-5-11(10-3-2-4-15-10)17-12-7-16-13(14)6-9(8)12;/h2-7,15H,1H3;1H. The fourth-order valence-electron chi connectivity index (χ4n) is 1.90. The molecule has 0 aliphatic rings. The van der Waals surface area contributed by atoms with Crippen molar-refractivity contribution in [2.24, 2.45) is 0 Å². The second-order valence-corrected chi connectivity index (χ2v) is 4.32. The van der Waals surface area contributed by atoms with Gasteiger partial charge in [0.25, 0.3) is 0 Å². The third kappa shape index (κ3) is 2.19. The van der Waals surface area contributed by atoms with E-state index in [4.69, 9.17) is 11.6 Å². The molecule has 0 atom stereocenters. The first-order valence-corrected chi connectivity index (χ1v) is 5.68. The van der Waals surface area contributed by atoms with Crippen LogP contribution in [0, 0.1) is 6.92 Å². The van der Waals surface area contributed by atoms with Gasteiger partial charge in [-0.05, 0) is 36.8 Å². The van der Waals surface area contributed by atoms with E-state index in [-0.39, 0.29) is 12.4 Å². The summed E-state index contributed by atoms with van der Waals surface area (Å²) in [4.78, 5) is 11.8. The number of nitrogens with zero attached hydrogens (tertiary/aromatic N) is 2. The van der Waals surface area contributed by atoms with Crippen LogP contribution in [0.1, 0.15) is 5.56 Å². The molecule has 3 heterocycles. The van der Waals surface area contributed by atoms with E-state index < -0.39 is 0 Å². The van der Waals surface area contributed by atoms with Crippen LogP contribution < -0.4 is 0 Å². The second kappa shape index (κ2) is 4.96. The number of halogens is 2. The zero-order chi connectivity index (χ0) is 11.8. The van der Waals surface area contributed by atoms with Crippen molar-refractivity contribution in [1.29, 1.82) is 0 Å². The van der Waals surface area contributed by atoms with Gasteiger partial charge >= 0.3 is 0 Å². The summed E-state index contributed by atoms with van der Waals surface area (Å²) in [5.74, 6) is 0. The zero-order valence-corrected chi connectivity index (χ0v) is 11.2. The molecule has 18 heavy (non-hydrogen) atoms. The van der Waals surface area contributed by atoms with Gasteiger partial charge in [0.15, 0.2) is 0 Å². The van der Waals surface area contributed by atoms with Crippen molar-refractivity contribution in [3.63, 3.8) is 0 Å². The largest absolute Gasteiger partial charge is 0.360 e. The van der Waals surface area contributed by atoms with Crippen LogP contribution in [0.3, 0.4) is 0 Å². The third-order valence-corrected chi connectivity index (χ3v) is 2.95. The molecular formula is C13H11Cl2N3. The molecule has 3 aromatic heterocycles. The molecule has 0 radical (unpaired) electrons. The second-order valence-electron chi connectivity index (χ2n) is 3.93. The lowest BCUT2D eigenvalue weighted by atomic mass is 10.1. The smallest absolute Gasteiger partial charge is 0.129 e. The highest BCUT2D eigenvalue weighted by Gasteiger charge is 2.06. The number of rotatable bonds is 1. The van der Waals surface area contributed by atoms with E-state index in [9.17, 15) is 0 Å². The highest BCUT2D eigenvalue weighted by molar-refractivity contribution is 6.30. The molecule has 0 saturated heterocycles. The number of pyridine rings is 2. The zero-order valence-electron chi connectivity index (χ0n) is 9.64. The summed E-state index contributed by atoms with van der Waals surface area (Å²) < 4.78 is 0. The number of hydrogen-bond donors (Lipinski definition) is 1. The number of aromatic amines is 1. The first-order chi connectivity index (χ1) is 8.24. The Morgan fingerprint density at radius 3 is 2.83 bits per heavy atom. The van der Waals surface area contributed by atoms with Gasteiger partial charge in [-0.15, -0.1) is 12.4 Å². The summed E-state index contributed by atoms with van der Waals surface area (Å²) in [5.41, 5.74) is 3.93. The monoisotopic (exact) mass is 279 g/mol. The Labute approximate surface area is 116 Å². The van der Waals surface area contributed by atoms with Crippen molar-refractivity contribution in [3.8, 4) is 11.4 Å². The summed E-state index contributed by atoms with van der Waals surface area (Å²) in [5, 5.41) is 1.54. The molecule has 0 aliphatic heterocycles. The molecule has 0 aromatic carbocycles. The average Bonchev–Trinajstić information content (AvgIpc) is 2.83. The topological polar surface area (TPSA) is 41.6 Å². The number of fused-ring (bicyclic) bond motifs is 1. The molecule has 0 unspecified atom stereocenters. The Bertz CT molecular complexity index is 678. The quantitative estimate of drug-likeness (QED) is 0.684. The molecule has 92 valence electrons. The van der Waals surface area contributed by atoms with Crippen LogP contribution in [0.5, 0.6) is 0 Å². The van der Waals surface area contributed by atoms with E-state index in [2.05, 4.69) is 15.0 Å². The molecule has 3 rings (SSSR count). The summed E-state index contributed by atoms with van der Waals surface area (Å²) in [6.45, 7) is 2.05. The first-order valence-electron chi connectivity index (χ1n) is 5.31. The summed E-state index contributed by atoms with van der Waals surface area (Å²) in [6.07, 6.45) is 3.59. The number of aryl methyl sites for hydroxylation is 1. The molecule has 0 saturated carbocycles. The summed E-state index contributed by atoms with van der Waals surface area (Å²) in [7, 11) is 0. The van der Waals surface area contributed by atoms with Crippen LogP contribution in [0.25, 0.3) is 22.3 Å². The Balaban J connectivity index is 0.00000120. The minimum atomic E-state index is 0. The Morgan fingerprint density at radius 1 is 1.28 bits per heavy atom. The van der Waals surface area contributed by atoms with Gasteiger partial charge in [0.05, 0.1) is 23.1 Å². The van der Waals surface area contributed by atoms with Gasteiger partial charge in [-0.1, -0.05) is 11.6 Å². The summed E-state index contributed by atoms with van der Waals surface area (Å²) in [6, 6.07) is 7.84. The van der Waals surface area contributed by atoms with Crippen molar-refractivity contribution in [1.82, 2.24) is 15.0 Å². The van der Waals surface area contributed by atoms with Gasteiger partial charge in [-0.3, -0.25) is 0 Å². The lowest BCUT2D eigenvalue weighted by Crippen LogP contribution is -1.90. The molecule has 0 fully saturated rings. The Morgan fingerprint density at radius 2 is 2.11 bits per heavy atom. The number of hydrogen-bond acceptors (Lipinski definition) is 2. The van der Waals surface area contributed by atoms with Crippen molar-refractivity contribution in [3.05, 3.63) is 47.4 Å². The lowest BCUT2D eigenvalue weighted by molar-refractivity contribution is 1.27. The number of nitrogens with one attached hydrogen (secondary N) is 1. The maximum absolute atomic E-state index is 5.88. The van der Waals surface area contributed by atoms with Gasteiger partial charge < -0.3 is 4.98 Å². The van der Waals surface area contributed by atoms with Gasteiger partial charge in [-0.2, -0.15) is 0 Å². The van der Waals surface area contributed by atoms with Crippen LogP contribution in [-0.2, 0) is 0 Å². The van der Waals surface area contributed by atoms with Gasteiger partial charge in [0, 0.05) is 11.6 Å². The fourth-order valence-corrected chi connectivity index (χ4v) is 2.06. The van der Waals surface area contributed by atoms with E-state index >= 15 is 0 Å². The molecule has 5 heteroatoms. The van der Waals surface area contributed by atoms with E-state index in [0.717, 1.165) is 27.9 Å². The SMILES string of the molecule is Cc1cc(-c2ccc[nH]2)nc2cnc(Cl)cc12.Cl. The van der Waals surface area contributed by atoms with Crippen LogP contribution >= 0.6 is 24.0 Å². The van der Waals surface area contributed by atoms with E-state index in [1.807, 2.05) is 37.4 Å². The minimum absolute atomic E-state index is 0. The number of H-pyrrole nitrogens is 1. The molecule has 3 aromatic rings. The van der Waals surface area contributed by atoms with Crippen molar-refractivity contribution >= 4 is 34.9 Å². The minimum Gasteiger partial charge on any atom is -0.360 e. The highest BCUT2D eigenvalue weighted by Crippen LogP contribution is 2.24. The average molecular weight is 280 g/mol. The maximum Gasteiger partial charge on any atom is 0.129 e. The maximum atomic E-state index is 5.88. The van der Waals surface area contributed by atoms with Crippen molar-refractivity contribution in [2.45, 2.75) is 6.92 Å². The van der Waals surface area contributed by atoms with E-state index in [0.29, 0.717) is 5.15 Å². The lowest BCUT2D eigenvalue weighted by Gasteiger charge is -2.05. The van der Waals surface area contributed by atoms with Crippen molar-refractivity contribution < 1.29 is 0 Å². The van der Waals surface area contributed by atoms with Crippen LogP contribution in [0.15, 0.2) is 36.7 Å². The normalized spacial score (nSPS) is 10.3. The Hall–Kier alpha value is -1.58. The molecular weight excluding hydrogens is 269 g/mol. The van der Waals surface area contributed by atoms with Crippen LogP contribution in [0.4, 0.5) is 0 Å². The van der Waals surface area contributed by atoms with Gasteiger partial charge in [0.2, 0.25) is 0 Å². The molecule has 3 nitrogen and oxygen atoms in total. The molecule has 1 N–H and O–H groups in total. The highest BCUT2D eigenvalue weighted by atomic mass is 35.5. The van der Waals surface area contributed by atoms with Crippen LogP contribution in [0.2, 0.25) is 5.15 Å². The molecule has 0 aliphatic carbocycles. The third-order valence-electron chi connectivity index (χ3n) is 2.74. The van der Waals surface area contributed by atoms with E-state index in [1.54, 1.807) is 6.20 Å². The molecule has 0 amide bonds. The Kier molecular flexibility index (Phi) is 3.55. The molecule has 0 bridgehead atoms.